The number of anilines is 4. The van der Waals surface area contributed by atoms with Crippen LogP contribution in [0.1, 0.15) is 0 Å². The molecule has 0 aliphatic carbocycles. The normalized spacial score (nSPS) is 10.3. The van der Waals surface area contributed by atoms with E-state index < -0.39 is 20.9 Å². The van der Waals surface area contributed by atoms with Gasteiger partial charge in [-0.2, -0.15) is 0 Å². The van der Waals surface area contributed by atoms with Crippen LogP contribution in [-0.4, -0.2) is 28.8 Å². The Morgan fingerprint density at radius 1 is 0.419 bits per heavy atom. The Morgan fingerprint density at radius 3 is 0.871 bits per heavy atom. The third-order valence-corrected chi connectivity index (χ3v) is 6.64. The molecule has 0 spiro atoms. The van der Waals surface area contributed by atoms with Gasteiger partial charge in [0.15, 0.2) is 0 Å². The van der Waals surface area contributed by atoms with Gasteiger partial charge in [0.2, 0.25) is 0 Å². The van der Waals surface area contributed by atoms with Gasteiger partial charge < -0.3 is 0 Å². The first-order valence-electron chi connectivity index (χ1n) is 9.80. The van der Waals surface area contributed by atoms with Crippen LogP contribution in [0.2, 0.25) is 0 Å². The van der Waals surface area contributed by atoms with Gasteiger partial charge in [0.25, 0.3) is 0 Å². The van der Waals surface area contributed by atoms with Crippen molar-refractivity contribution in [2.45, 2.75) is 0 Å². The van der Waals surface area contributed by atoms with E-state index in [-0.39, 0.29) is 7.91 Å². The van der Waals surface area contributed by atoms with Crippen LogP contribution >= 0.6 is 0 Å². The van der Waals surface area contributed by atoms with Crippen LogP contribution in [0.3, 0.4) is 0 Å². The van der Waals surface area contributed by atoms with Crippen LogP contribution < -0.4 is 9.80 Å². The van der Waals surface area contributed by atoms with Crippen LogP contribution in [0.15, 0.2) is 121 Å². The van der Waals surface area contributed by atoms with Crippen LogP contribution in [0.5, 0.6) is 0 Å². The van der Waals surface area contributed by atoms with Gasteiger partial charge in [-0.15, -0.1) is 0 Å². The first-order chi connectivity index (χ1) is 15.2. The number of hydrogen-bond acceptors (Lipinski definition) is 2. The van der Waals surface area contributed by atoms with Gasteiger partial charge in [0, 0.05) is 0 Å². The Balaban J connectivity index is 1.66. The molecular weight excluding hydrogens is 500 g/mol. The Labute approximate surface area is 191 Å². The average Bonchev–Trinajstić information content (AvgIpc) is 2.82. The van der Waals surface area contributed by atoms with Crippen LogP contribution in [-0.2, 0) is 0 Å². The minimum atomic E-state index is -1.74. The molecule has 31 heavy (non-hydrogen) atoms. The number of carbonyl (C=O) groups excluding carboxylic acids is 2. The van der Waals surface area contributed by atoms with Crippen molar-refractivity contribution in [1.29, 1.82) is 0 Å². The molecule has 152 valence electrons. The van der Waals surface area contributed by atoms with Gasteiger partial charge in [-0.25, -0.2) is 0 Å². The summed E-state index contributed by atoms with van der Waals surface area (Å²) in [4.78, 5) is 30.2. The predicted octanol–water partition coefficient (Wildman–Crippen LogP) is 6.61. The molecule has 0 aromatic heterocycles. The Morgan fingerprint density at radius 2 is 0.645 bits per heavy atom. The molecule has 0 atom stereocenters. The minimum absolute atomic E-state index is 0.162. The van der Waals surface area contributed by atoms with E-state index >= 15 is 0 Å². The summed E-state index contributed by atoms with van der Waals surface area (Å²) in [5.74, 6) is 0. The average molecular weight is 520 g/mol. The summed E-state index contributed by atoms with van der Waals surface area (Å²) in [7, 11) is 0. The number of benzene rings is 4. The molecule has 0 unspecified atom stereocenters. The van der Waals surface area contributed by atoms with Crippen molar-refractivity contribution >= 4 is 51.6 Å². The van der Waals surface area contributed by atoms with Crippen LogP contribution in [0, 0.1) is 0 Å². The molecule has 0 aliphatic rings. The van der Waals surface area contributed by atoms with Gasteiger partial charge in [-0.05, 0) is 0 Å². The van der Waals surface area contributed by atoms with E-state index in [1.807, 2.05) is 121 Å². The Hall–Kier alpha value is -3.39. The maximum atomic E-state index is 13.5. The van der Waals surface area contributed by atoms with Crippen molar-refractivity contribution in [2.24, 2.45) is 0 Å². The third kappa shape index (κ3) is 5.03. The molecule has 0 N–H and O–H groups in total. The monoisotopic (exact) mass is 522 g/mol. The first-order valence-corrected chi connectivity index (χ1v) is 12.1. The van der Waals surface area contributed by atoms with Gasteiger partial charge in [-0.1, -0.05) is 0 Å². The summed E-state index contributed by atoms with van der Waals surface area (Å²) < 4.78 is -0.325. The molecule has 4 nitrogen and oxygen atoms in total. The fourth-order valence-electron chi connectivity index (χ4n) is 3.19. The molecule has 4 aromatic carbocycles. The molecule has 2 amide bonds. The van der Waals surface area contributed by atoms with E-state index in [1.54, 1.807) is 9.80 Å². The SMILES string of the molecule is O=C([Te]C(=O)N(c1ccccc1)c1ccccc1)N(c1ccccc1)c1ccccc1. The van der Waals surface area contributed by atoms with E-state index in [2.05, 4.69) is 0 Å². The molecule has 0 heterocycles. The summed E-state index contributed by atoms with van der Waals surface area (Å²) >= 11 is -1.74. The zero-order valence-electron chi connectivity index (χ0n) is 16.7. The Kier molecular flexibility index (Phi) is 6.78. The van der Waals surface area contributed by atoms with Crippen molar-refractivity contribution in [3.63, 3.8) is 0 Å². The second-order valence-corrected chi connectivity index (χ2v) is 9.22. The summed E-state index contributed by atoms with van der Waals surface area (Å²) in [6.07, 6.45) is 0. The molecular formula is C26H20N2O2Te. The number of nitrogens with zero attached hydrogens (tertiary/aromatic N) is 2. The molecule has 0 bridgehead atoms. The van der Waals surface area contributed by atoms with E-state index in [0.29, 0.717) is 0 Å². The molecule has 0 saturated carbocycles. The molecule has 0 radical (unpaired) electrons. The number of rotatable bonds is 6. The van der Waals surface area contributed by atoms with Crippen LogP contribution in [0.4, 0.5) is 32.3 Å². The number of para-hydroxylation sites is 4. The quantitative estimate of drug-likeness (QED) is 0.269. The van der Waals surface area contributed by atoms with Crippen molar-refractivity contribution in [3.05, 3.63) is 121 Å². The maximum absolute atomic E-state index is 13.5. The molecule has 0 fully saturated rings. The van der Waals surface area contributed by atoms with E-state index in [1.165, 1.54) is 0 Å². The predicted molar refractivity (Wildman–Crippen MR) is 127 cm³/mol. The zero-order chi connectivity index (χ0) is 21.5. The number of carbonyl (C=O) groups is 2. The van der Waals surface area contributed by atoms with E-state index in [0.717, 1.165) is 22.7 Å². The van der Waals surface area contributed by atoms with Crippen molar-refractivity contribution in [2.75, 3.05) is 9.80 Å². The fraction of sp³-hybridized carbons (Fsp3) is 0. The van der Waals surface area contributed by atoms with E-state index in [4.69, 9.17) is 0 Å². The number of hydrogen-bond donors (Lipinski definition) is 0. The summed E-state index contributed by atoms with van der Waals surface area (Å²) in [5, 5.41) is 0. The zero-order valence-corrected chi connectivity index (χ0v) is 19.0. The van der Waals surface area contributed by atoms with Crippen molar-refractivity contribution in [1.82, 2.24) is 0 Å². The van der Waals surface area contributed by atoms with Crippen molar-refractivity contribution in [3.8, 4) is 0 Å². The fourth-order valence-corrected chi connectivity index (χ4v) is 5.34. The molecule has 0 aliphatic heterocycles. The van der Waals surface area contributed by atoms with Gasteiger partial charge in [-0.3, -0.25) is 0 Å². The summed E-state index contributed by atoms with van der Waals surface area (Å²) in [6, 6.07) is 37.8. The summed E-state index contributed by atoms with van der Waals surface area (Å²) in [5.41, 5.74) is 3.01. The molecule has 5 heteroatoms. The van der Waals surface area contributed by atoms with Crippen LogP contribution in [0.25, 0.3) is 0 Å². The Bertz CT molecular complexity index is 965. The van der Waals surface area contributed by atoms with Gasteiger partial charge in [0.05, 0.1) is 0 Å². The van der Waals surface area contributed by atoms with Gasteiger partial charge >= 0.3 is 192 Å². The third-order valence-electron chi connectivity index (χ3n) is 4.60. The standard InChI is InChI=1S/C26H20N2O2Te/c29-25(27(21-13-5-1-6-14-21)22-15-7-2-8-16-22)31-26(30)28(23-17-9-3-10-18-23)24-19-11-4-12-20-24/h1-20H. The second-order valence-electron chi connectivity index (χ2n) is 6.65. The molecule has 0 saturated heterocycles. The van der Waals surface area contributed by atoms with Gasteiger partial charge in [0.1, 0.15) is 0 Å². The van der Waals surface area contributed by atoms with Crippen molar-refractivity contribution < 1.29 is 9.59 Å². The van der Waals surface area contributed by atoms with E-state index in [9.17, 15) is 9.59 Å². The molecule has 4 rings (SSSR count). The summed E-state index contributed by atoms with van der Waals surface area (Å²) in [6.45, 7) is 0. The first kappa shape index (κ1) is 20.9. The topological polar surface area (TPSA) is 40.6 Å². The number of amides is 2. The second kappa shape index (κ2) is 10.1. The molecule has 4 aromatic rings.